The van der Waals surface area contributed by atoms with E-state index in [1.165, 1.54) is 0 Å². The van der Waals surface area contributed by atoms with Crippen LogP contribution in [0.4, 0.5) is 0 Å². The first kappa shape index (κ1) is 9.01. The van der Waals surface area contributed by atoms with Gasteiger partial charge in [0.2, 0.25) is 0 Å². The lowest BCUT2D eigenvalue weighted by atomic mass is 10.2. The third-order valence-corrected chi connectivity index (χ3v) is 0.935. The molecule has 0 saturated heterocycles. The zero-order valence-corrected chi connectivity index (χ0v) is 5.83. The molecule has 0 rings (SSSR count). The van der Waals surface area contributed by atoms with Gasteiger partial charge < -0.3 is 5.32 Å². The quantitative estimate of drug-likeness (QED) is 0.585. The van der Waals surface area contributed by atoms with Crippen LogP contribution < -0.4 is 5.32 Å². The fourth-order valence-electron chi connectivity index (χ4n) is 0.463. The third kappa shape index (κ3) is 3.56. The first-order chi connectivity index (χ1) is 5.24. The number of allylic oxidation sites excluding steroid dienone is 1. The summed E-state index contributed by atoms with van der Waals surface area (Å²) in [4.78, 5) is 0. The van der Waals surface area contributed by atoms with Crippen LogP contribution >= 0.6 is 0 Å². The van der Waals surface area contributed by atoms with Gasteiger partial charge in [0.15, 0.2) is 0 Å². The predicted molar refractivity (Wildman–Crippen MR) is 37.5 cm³/mol. The van der Waals surface area contributed by atoms with Gasteiger partial charge in [0.05, 0.1) is 18.6 Å². The molecule has 4 nitrogen and oxygen atoms in total. The molecule has 4 heteroatoms. The average Bonchev–Trinajstić information content (AvgIpc) is 2.03. The van der Waals surface area contributed by atoms with Gasteiger partial charge in [-0.1, -0.05) is 6.58 Å². The molecule has 0 aliphatic carbocycles. The first-order valence-electron chi connectivity index (χ1n) is 2.86. The topological polar surface area (TPSA) is 83.4 Å². The van der Waals surface area contributed by atoms with E-state index < -0.39 is 6.04 Å². The maximum atomic E-state index is 8.39. The smallest absolute Gasteiger partial charge is 0.128 e. The van der Waals surface area contributed by atoms with E-state index in [1.807, 2.05) is 12.1 Å². The zero-order chi connectivity index (χ0) is 8.69. The monoisotopic (exact) mass is 146 g/mol. The van der Waals surface area contributed by atoms with Crippen LogP contribution in [0, 0.1) is 34.0 Å². The minimum Gasteiger partial charge on any atom is -0.361 e. The van der Waals surface area contributed by atoms with Gasteiger partial charge in [-0.2, -0.15) is 15.8 Å². The molecule has 0 heterocycles. The van der Waals surface area contributed by atoms with Crippen LogP contribution in [0.15, 0.2) is 12.3 Å². The SMILES string of the molecule is C=C(C#N)NC(C#N)CC#N. The van der Waals surface area contributed by atoms with E-state index in [4.69, 9.17) is 15.8 Å². The normalized spacial score (nSPS) is 9.91. The Morgan fingerprint density at radius 1 is 1.45 bits per heavy atom. The van der Waals surface area contributed by atoms with E-state index in [0.717, 1.165) is 0 Å². The molecule has 1 atom stereocenters. The van der Waals surface area contributed by atoms with Crippen LogP contribution in [-0.4, -0.2) is 6.04 Å². The van der Waals surface area contributed by atoms with Crippen molar-refractivity contribution in [3.63, 3.8) is 0 Å². The molecular weight excluding hydrogens is 140 g/mol. The fourth-order valence-corrected chi connectivity index (χ4v) is 0.463. The minimum atomic E-state index is -0.632. The van der Waals surface area contributed by atoms with Crippen molar-refractivity contribution in [3.05, 3.63) is 12.3 Å². The molecule has 0 bridgehead atoms. The van der Waals surface area contributed by atoms with Crippen LogP contribution in [0.1, 0.15) is 6.42 Å². The molecule has 0 fully saturated rings. The standard InChI is InChI=1S/C7H6N4/c1-6(4-9)11-7(5-10)2-3-8/h7,11H,1-2H2. The van der Waals surface area contributed by atoms with Crippen LogP contribution in [-0.2, 0) is 0 Å². The highest BCUT2D eigenvalue weighted by atomic mass is 14.9. The van der Waals surface area contributed by atoms with E-state index in [9.17, 15) is 0 Å². The Bertz CT molecular complexity index is 260. The second-order valence-corrected chi connectivity index (χ2v) is 1.78. The van der Waals surface area contributed by atoms with E-state index in [0.29, 0.717) is 0 Å². The lowest BCUT2D eigenvalue weighted by molar-refractivity contribution is 0.711. The van der Waals surface area contributed by atoms with Gasteiger partial charge in [0.25, 0.3) is 0 Å². The molecule has 0 saturated carbocycles. The molecule has 0 aromatic heterocycles. The van der Waals surface area contributed by atoms with E-state index >= 15 is 0 Å². The van der Waals surface area contributed by atoms with Crippen molar-refractivity contribution in [2.24, 2.45) is 0 Å². The van der Waals surface area contributed by atoms with E-state index in [1.54, 1.807) is 6.07 Å². The van der Waals surface area contributed by atoms with Crippen LogP contribution in [0.2, 0.25) is 0 Å². The minimum absolute atomic E-state index is 0.0528. The lowest BCUT2D eigenvalue weighted by Crippen LogP contribution is -2.25. The predicted octanol–water partition coefficient (Wildman–Crippen LogP) is 0.419. The summed E-state index contributed by atoms with van der Waals surface area (Å²) in [7, 11) is 0. The van der Waals surface area contributed by atoms with E-state index in [-0.39, 0.29) is 12.1 Å². The van der Waals surface area contributed by atoms with Crippen LogP contribution in [0.3, 0.4) is 0 Å². The highest BCUT2D eigenvalue weighted by molar-refractivity contribution is 5.17. The molecule has 0 aliphatic rings. The van der Waals surface area contributed by atoms with Crippen molar-refractivity contribution < 1.29 is 0 Å². The number of rotatable bonds is 3. The highest BCUT2D eigenvalue weighted by Crippen LogP contribution is 1.91. The summed E-state index contributed by atoms with van der Waals surface area (Å²) in [5.74, 6) is 0. The molecule has 11 heavy (non-hydrogen) atoms. The Morgan fingerprint density at radius 2 is 2.09 bits per heavy atom. The third-order valence-electron chi connectivity index (χ3n) is 0.935. The second-order valence-electron chi connectivity index (χ2n) is 1.78. The number of hydrogen-bond acceptors (Lipinski definition) is 4. The number of hydrogen-bond donors (Lipinski definition) is 1. The van der Waals surface area contributed by atoms with Gasteiger partial charge in [0, 0.05) is 0 Å². The largest absolute Gasteiger partial charge is 0.361 e. The molecule has 1 unspecified atom stereocenters. The molecular formula is C7H6N4. The van der Waals surface area contributed by atoms with Gasteiger partial charge in [-0.15, -0.1) is 0 Å². The molecule has 0 radical (unpaired) electrons. The molecule has 0 spiro atoms. The molecule has 0 amide bonds. The first-order valence-corrected chi connectivity index (χ1v) is 2.86. The average molecular weight is 146 g/mol. The second kappa shape index (κ2) is 4.85. The van der Waals surface area contributed by atoms with Crippen molar-refractivity contribution in [2.75, 3.05) is 0 Å². The summed E-state index contributed by atoms with van der Waals surface area (Å²) in [5, 5.41) is 27.3. The van der Waals surface area contributed by atoms with E-state index in [2.05, 4.69) is 11.9 Å². The van der Waals surface area contributed by atoms with Crippen molar-refractivity contribution >= 4 is 0 Å². The van der Waals surface area contributed by atoms with Crippen LogP contribution in [0.25, 0.3) is 0 Å². The number of nitrogens with zero attached hydrogens (tertiary/aromatic N) is 3. The lowest BCUT2D eigenvalue weighted by Gasteiger charge is -2.04. The molecule has 0 aromatic carbocycles. The molecule has 54 valence electrons. The zero-order valence-electron chi connectivity index (χ0n) is 5.83. The highest BCUT2D eigenvalue weighted by Gasteiger charge is 2.05. The summed E-state index contributed by atoms with van der Waals surface area (Å²) < 4.78 is 0. The Kier molecular flexibility index (Phi) is 3.97. The maximum absolute atomic E-state index is 8.39. The van der Waals surface area contributed by atoms with Crippen molar-refractivity contribution in [2.45, 2.75) is 12.5 Å². The Labute approximate surface area is 65.0 Å². The van der Waals surface area contributed by atoms with Gasteiger partial charge in [-0.25, -0.2) is 0 Å². The van der Waals surface area contributed by atoms with Gasteiger partial charge in [0.1, 0.15) is 17.8 Å². The van der Waals surface area contributed by atoms with Gasteiger partial charge >= 0.3 is 0 Å². The Balaban J connectivity index is 3.95. The molecule has 0 aliphatic heterocycles. The summed E-state index contributed by atoms with van der Waals surface area (Å²) in [6.45, 7) is 3.31. The summed E-state index contributed by atoms with van der Waals surface area (Å²) in [6, 6.07) is 4.73. The summed E-state index contributed by atoms with van der Waals surface area (Å²) in [6.07, 6.45) is 0.0528. The van der Waals surface area contributed by atoms with Crippen molar-refractivity contribution in [1.82, 2.24) is 5.32 Å². The van der Waals surface area contributed by atoms with Gasteiger partial charge in [-0.05, 0) is 0 Å². The Morgan fingerprint density at radius 3 is 2.45 bits per heavy atom. The fraction of sp³-hybridized carbons (Fsp3) is 0.286. The van der Waals surface area contributed by atoms with Gasteiger partial charge in [-0.3, -0.25) is 0 Å². The number of nitriles is 3. The number of nitrogens with one attached hydrogen (secondary N) is 1. The summed E-state index contributed by atoms with van der Waals surface area (Å²) >= 11 is 0. The maximum Gasteiger partial charge on any atom is 0.128 e. The van der Waals surface area contributed by atoms with Crippen molar-refractivity contribution in [1.29, 1.82) is 15.8 Å². The molecule has 0 aromatic rings. The van der Waals surface area contributed by atoms with Crippen LogP contribution in [0.5, 0.6) is 0 Å². The molecule has 1 N–H and O–H groups in total. The van der Waals surface area contributed by atoms with Crippen molar-refractivity contribution in [3.8, 4) is 18.2 Å². The summed E-state index contributed by atoms with van der Waals surface area (Å²) in [5.41, 5.74) is 0.104. The Hall–Kier alpha value is -1.99.